The van der Waals surface area contributed by atoms with Crippen LogP contribution in [0.2, 0.25) is 0 Å². The van der Waals surface area contributed by atoms with Gasteiger partial charge < -0.3 is 15.8 Å². The Bertz CT molecular complexity index is 839. The van der Waals surface area contributed by atoms with Crippen LogP contribution in [0.5, 0.6) is 5.75 Å². The van der Waals surface area contributed by atoms with Gasteiger partial charge >= 0.3 is 0 Å². The largest absolute Gasteiger partial charge is 0.497 e. The molecule has 0 atom stereocenters. The molecule has 2 aromatic rings. The number of carbonyl (C=O) groups is 2. The number of nitrogens with two attached hydrogens (primary N) is 1. The van der Waals surface area contributed by atoms with Crippen LogP contribution in [0.25, 0.3) is 0 Å². The third kappa shape index (κ3) is 6.00. The number of hydrogen-bond acceptors (Lipinski definition) is 6. The Hall–Kier alpha value is -3.07. The second-order valence-electron chi connectivity index (χ2n) is 5.54. The van der Waals surface area contributed by atoms with E-state index in [1.807, 2.05) is 24.3 Å². The SMILES string of the molecule is COc1ccc(CCNC(=O)CSc2ccc(C(N)=O)cc2[N+](=O)[O-])cc1. The number of thioether (sulfide) groups is 1. The molecule has 9 heteroatoms. The van der Waals surface area contributed by atoms with Gasteiger partial charge in [-0.2, -0.15) is 0 Å². The van der Waals surface area contributed by atoms with Crippen molar-refractivity contribution in [1.29, 1.82) is 0 Å². The highest BCUT2D eigenvalue weighted by Gasteiger charge is 2.17. The minimum Gasteiger partial charge on any atom is -0.497 e. The predicted molar refractivity (Wildman–Crippen MR) is 102 cm³/mol. The molecule has 0 aromatic heterocycles. The molecule has 0 aliphatic heterocycles. The van der Waals surface area contributed by atoms with E-state index in [0.29, 0.717) is 17.9 Å². The maximum Gasteiger partial charge on any atom is 0.283 e. The van der Waals surface area contributed by atoms with E-state index in [4.69, 9.17) is 10.5 Å². The van der Waals surface area contributed by atoms with E-state index in [1.54, 1.807) is 7.11 Å². The van der Waals surface area contributed by atoms with Crippen molar-refractivity contribution in [2.45, 2.75) is 11.3 Å². The van der Waals surface area contributed by atoms with E-state index < -0.39 is 10.8 Å². The highest BCUT2D eigenvalue weighted by atomic mass is 32.2. The van der Waals surface area contributed by atoms with Crippen LogP contribution in [-0.4, -0.2) is 36.1 Å². The quantitative estimate of drug-likeness (QED) is 0.385. The number of amides is 2. The molecule has 2 rings (SSSR count). The van der Waals surface area contributed by atoms with Gasteiger partial charge in [-0.15, -0.1) is 11.8 Å². The van der Waals surface area contributed by atoms with Crippen LogP contribution >= 0.6 is 11.8 Å². The van der Waals surface area contributed by atoms with Gasteiger partial charge in [0.25, 0.3) is 5.69 Å². The average Bonchev–Trinajstić information content (AvgIpc) is 2.66. The number of hydrogen-bond donors (Lipinski definition) is 2. The van der Waals surface area contributed by atoms with Crippen molar-refractivity contribution < 1.29 is 19.2 Å². The Morgan fingerprint density at radius 2 is 1.93 bits per heavy atom. The Morgan fingerprint density at radius 1 is 1.22 bits per heavy atom. The Kier molecular flexibility index (Phi) is 7.18. The second-order valence-corrected chi connectivity index (χ2v) is 6.56. The molecule has 2 amide bonds. The van der Waals surface area contributed by atoms with Crippen LogP contribution in [0.15, 0.2) is 47.4 Å². The van der Waals surface area contributed by atoms with Crippen LogP contribution in [0.1, 0.15) is 15.9 Å². The summed E-state index contributed by atoms with van der Waals surface area (Å²) in [6.07, 6.45) is 0.661. The highest BCUT2D eigenvalue weighted by molar-refractivity contribution is 8.00. The lowest BCUT2D eigenvalue weighted by atomic mass is 10.1. The summed E-state index contributed by atoms with van der Waals surface area (Å²) in [6.45, 7) is 0.453. The topological polar surface area (TPSA) is 125 Å². The number of nitro groups is 1. The van der Waals surface area contributed by atoms with Crippen molar-refractivity contribution >= 4 is 29.3 Å². The van der Waals surface area contributed by atoms with Crippen molar-refractivity contribution in [3.05, 3.63) is 63.7 Å². The Labute approximate surface area is 160 Å². The van der Waals surface area contributed by atoms with Crippen molar-refractivity contribution in [3.8, 4) is 5.75 Å². The number of methoxy groups -OCH3 is 1. The first-order valence-electron chi connectivity index (χ1n) is 8.01. The Balaban J connectivity index is 1.85. The van der Waals surface area contributed by atoms with Gasteiger partial charge in [0.15, 0.2) is 0 Å². The van der Waals surface area contributed by atoms with Gasteiger partial charge in [0.05, 0.1) is 22.7 Å². The van der Waals surface area contributed by atoms with E-state index in [2.05, 4.69) is 5.32 Å². The lowest BCUT2D eigenvalue weighted by molar-refractivity contribution is -0.387. The van der Waals surface area contributed by atoms with Crippen molar-refractivity contribution in [1.82, 2.24) is 5.32 Å². The number of nitro benzene ring substituents is 1. The molecule has 0 fully saturated rings. The maximum atomic E-state index is 12.0. The molecule has 2 aromatic carbocycles. The summed E-state index contributed by atoms with van der Waals surface area (Å²) in [4.78, 5) is 34.0. The molecular formula is C18H19N3O5S. The number of primary amides is 1. The molecule has 0 aliphatic rings. The molecular weight excluding hydrogens is 370 g/mol. The van der Waals surface area contributed by atoms with Crippen molar-refractivity contribution in [3.63, 3.8) is 0 Å². The van der Waals surface area contributed by atoms with E-state index >= 15 is 0 Å². The van der Waals surface area contributed by atoms with Gasteiger partial charge in [0.2, 0.25) is 11.8 Å². The van der Waals surface area contributed by atoms with Gasteiger partial charge in [-0.05, 0) is 36.2 Å². The fourth-order valence-electron chi connectivity index (χ4n) is 2.27. The fourth-order valence-corrected chi connectivity index (χ4v) is 3.10. The lowest BCUT2D eigenvalue weighted by Gasteiger charge is -2.07. The van der Waals surface area contributed by atoms with Gasteiger partial charge in [-0.1, -0.05) is 12.1 Å². The Morgan fingerprint density at radius 3 is 2.52 bits per heavy atom. The van der Waals surface area contributed by atoms with E-state index in [1.165, 1.54) is 12.1 Å². The number of benzene rings is 2. The summed E-state index contributed by atoms with van der Waals surface area (Å²) in [7, 11) is 1.60. The van der Waals surface area contributed by atoms with Crippen molar-refractivity contribution in [2.24, 2.45) is 5.73 Å². The standard InChI is InChI=1S/C18H19N3O5S/c1-26-14-5-2-12(3-6-14)8-9-20-17(22)11-27-16-7-4-13(18(19)23)10-15(16)21(24)25/h2-7,10H,8-9,11H2,1H3,(H2,19,23)(H,20,22). The average molecular weight is 389 g/mol. The zero-order valence-corrected chi connectivity index (χ0v) is 15.5. The molecule has 0 saturated heterocycles. The monoisotopic (exact) mass is 389 g/mol. The molecule has 0 spiro atoms. The summed E-state index contributed by atoms with van der Waals surface area (Å²) in [5.41, 5.74) is 5.99. The third-order valence-electron chi connectivity index (χ3n) is 3.69. The van der Waals surface area contributed by atoms with Gasteiger partial charge in [-0.3, -0.25) is 19.7 Å². The minimum absolute atomic E-state index is 0.0272. The smallest absolute Gasteiger partial charge is 0.283 e. The summed E-state index contributed by atoms with van der Waals surface area (Å²) in [6, 6.07) is 11.5. The van der Waals surface area contributed by atoms with Gasteiger partial charge in [-0.25, -0.2) is 0 Å². The number of ether oxygens (including phenoxy) is 1. The van der Waals surface area contributed by atoms with E-state index in [0.717, 1.165) is 29.1 Å². The van der Waals surface area contributed by atoms with Crippen molar-refractivity contribution in [2.75, 3.05) is 19.4 Å². The number of nitrogens with one attached hydrogen (secondary N) is 1. The molecule has 3 N–H and O–H groups in total. The molecule has 0 saturated carbocycles. The number of nitrogens with zero attached hydrogens (tertiary/aromatic N) is 1. The molecule has 0 aliphatic carbocycles. The van der Waals surface area contributed by atoms with Crippen LogP contribution in [0.4, 0.5) is 5.69 Å². The molecule has 0 bridgehead atoms. The first kappa shape index (κ1) is 20.2. The zero-order chi connectivity index (χ0) is 19.8. The third-order valence-corrected chi connectivity index (χ3v) is 4.76. The first-order valence-corrected chi connectivity index (χ1v) is 9.00. The molecule has 0 radical (unpaired) electrons. The molecule has 0 heterocycles. The van der Waals surface area contributed by atoms with Crippen LogP contribution in [0, 0.1) is 10.1 Å². The summed E-state index contributed by atoms with van der Waals surface area (Å²) in [5.74, 6) is -0.185. The first-order chi connectivity index (χ1) is 12.9. The summed E-state index contributed by atoms with van der Waals surface area (Å²) < 4.78 is 5.09. The normalized spacial score (nSPS) is 10.3. The van der Waals surface area contributed by atoms with Gasteiger partial charge in [0.1, 0.15) is 5.75 Å². The molecule has 27 heavy (non-hydrogen) atoms. The van der Waals surface area contributed by atoms with Crippen LogP contribution < -0.4 is 15.8 Å². The second kappa shape index (κ2) is 9.58. The predicted octanol–water partition coefficient (Wildman–Crippen LogP) is 2.15. The minimum atomic E-state index is -0.745. The lowest BCUT2D eigenvalue weighted by Crippen LogP contribution is -2.27. The highest BCUT2D eigenvalue weighted by Crippen LogP contribution is 2.29. The molecule has 142 valence electrons. The maximum absolute atomic E-state index is 12.0. The summed E-state index contributed by atoms with van der Waals surface area (Å²) >= 11 is 1.03. The van der Waals surface area contributed by atoms with E-state index in [9.17, 15) is 19.7 Å². The number of rotatable bonds is 9. The zero-order valence-electron chi connectivity index (χ0n) is 14.6. The number of carbonyl (C=O) groups excluding carboxylic acids is 2. The van der Waals surface area contributed by atoms with Gasteiger partial charge in [0, 0.05) is 18.2 Å². The fraction of sp³-hybridized carbons (Fsp3) is 0.222. The summed E-state index contributed by atoms with van der Waals surface area (Å²) in [5, 5.41) is 13.9. The van der Waals surface area contributed by atoms with Crippen LogP contribution in [-0.2, 0) is 11.2 Å². The molecule has 0 unspecified atom stereocenters. The van der Waals surface area contributed by atoms with E-state index in [-0.39, 0.29) is 22.9 Å². The molecule has 8 nitrogen and oxygen atoms in total. The van der Waals surface area contributed by atoms with Crippen LogP contribution in [0.3, 0.4) is 0 Å².